The van der Waals surface area contributed by atoms with E-state index >= 15 is 0 Å². The Morgan fingerprint density at radius 1 is 1.37 bits per heavy atom. The lowest BCUT2D eigenvalue weighted by Crippen LogP contribution is -2.27. The van der Waals surface area contributed by atoms with Crippen molar-refractivity contribution in [3.8, 4) is 6.07 Å². The summed E-state index contributed by atoms with van der Waals surface area (Å²) in [5.41, 5.74) is 4.56. The van der Waals surface area contributed by atoms with Gasteiger partial charge in [0, 0.05) is 22.8 Å². The van der Waals surface area contributed by atoms with E-state index in [-0.39, 0.29) is 11.9 Å². The van der Waals surface area contributed by atoms with Crippen molar-refractivity contribution in [2.75, 3.05) is 0 Å². The first-order valence-corrected chi connectivity index (χ1v) is 9.08. The third kappa shape index (κ3) is 3.79. The Hall–Kier alpha value is -2.91. The van der Waals surface area contributed by atoms with Crippen LogP contribution in [0.4, 0.5) is 0 Å². The maximum Gasteiger partial charge on any atom is 0.220 e. The lowest BCUT2D eigenvalue weighted by molar-refractivity contribution is -0.121. The fraction of sp³-hybridized carbons (Fsp3) is 0.300. The van der Waals surface area contributed by atoms with Crippen LogP contribution in [-0.4, -0.2) is 20.5 Å². The second-order valence-corrected chi connectivity index (χ2v) is 6.88. The molecule has 0 saturated carbocycles. The number of nitriles is 1. The van der Waals surface area contributed by atoms with Gasteiger partial charge in [-0.3, -0.25) is 4.79 Å². The number of amides is 1. The number of hydrogen-bond acceptors (Lipinski definition) is 4. The lowest BCUT2D eigenvalue weighted by Gasteiger charge is -2.16. The van der Waals surface area contributed by atoms with Crippen LogP contribution in [0.2, 0.25) is 5.02 Å². The zero-order valence-electron chi connectivity index (χ0n) is 15.5. The van der Waals surface area contributed by atoms with Crippen molar-refractivity contribution in [2.24, 2.45) is 0 Å². The highest BCUT2D eigenvalue weighted by Gasteiger charge is 2.16. The number of halogens is 1. The van der Waals surface area contributed by atoms with Crippen LogP contribution in [0.5, 0.6) is 0 Å². The molecule has 0 aliphatic rings. The molecule has 27 heavy (non-hydrogen) atoms. The van der Waals surface area contributed by atoms with E-state index in [0.29, 0.717) is 29.1 Å². The third-order valence-corrected chi connectivity index (χ3v) is 5.02. The van der Waals surface area contributed by atoms with Crippen molar-refractivity contribution in [3.05, 3.63) is 63.6 Å². The molecule has 0 aliphatic heterocycles. The van der Waals surface area contributed by atoms with Gasteiger partial charge in [0.1, 0.15) is 11.6 Å². The smallest absolute Gasteiger partial charge is 0.220 e. The standard InChI is InChI=1S/C20H20ClN5O/c1-12-16(14(3)26-20(25-12)15(10-22)11-23-26)8-9-19(27)24-13(2)17-6-4-5-7-18(17)21/h4-7,11,13H,8-9H2,1-3H3,(H,24,27). The summed E-state index contributed by atoms with van der Waals surface area (Å²) < 4.78 is 1.66. The van der Waals surface area contributed by atoms with Crippen LogP contribution < -0.4 is 5.32 Å². The molecule has 0 bridgehead atoms. The molecule has 7 heteroatoms. The van der Waals surface area contributed by atoms with Crippen molar-refractivity contribution in [1.82, 2.24) is 19.9 Å². The van der Waals surface area contributed by atoms with E-state index in [9.17, 15) is 4.79 Å². The highest BCUT2D eigenvalue weighted by atomic mass is 35.5. The number of rotatable bonds is 5. The van der Waals surface area contributed by atoms with E-state index in [1.165, 1.54) is 6.20 Å². The van der Waals surface area contributed by atoms with Gasteiger partial charge >= 0.3 is 0 Å². The summed E-state index contributed by atoms with van der Waals surface area (Å²) in [7, 11) is 0. The zero-order valence-corrected chi connectivity index (χ0v) is 16.2. The molecule has 1 amide bonds. The molecule has 6 nitrogen and oxygen atoms in total. The third-order valence-electron chi connectivity index (χ3n) is 4.68. The Bertz CT molecular complexity index is 1050. The van der Waals surface area contributed by atoms with Crippen molar-refractivity contribution >= 4 is 23.2 Å². The van der Waals surface area contributed by atoms with E-state index in [0.717, 1.165) is 22.5 Å². The van der Waals surface area contributed by atoms with Gasteiger partial charge in [0.05, 0.1) is 12.2 Å². The second kappa shape index (κ2) is 7.77. The Kier molecular flexibility index (Phi) is 5.43. The average molecular weight is 382 g/mol. The second-order valence-electron chi connectivity index (χ2n) is 6.48. The van der Waals surface area contributed by atoms with Crippen LogP contribution in [0, 0.1) is 25.2 Å². The number of aryl methyl sites for hydroxylation is 2. The average Bonchev–Trinajstić information content (AvgIpc) is 3.04. The number of aromatic nitrogens is 3. The molecule has 3 rings (SSSR count). The molecular weight excluding hydrogens is 362 g/mol. The van der Waals surface area contributed by atoms with E-state index in [1.807, 2.05) is 45.0 Å². The topological polar surface area (TPSA) is 83.1 Å². The Morgan fingerprint density at radius 3 is 2.81 bits per heavy atom. The van der Waals surface area contributed by atoms with Gasteiger partial charge in [0.25, 0.3) is 0 Å². The number of benzene rings is 1. The molecule has 2 aromatic heterocycles. The van der Waals surface area contributed by atoms with E-state index in [1.54, 1.807) is 4.52 Å². The van der Waals surface area contributed by atoms with Gasteiger partial charge in [-0.05, 0) is 44.4 Å². The van der Waals surface area contributed by atoms with E-state index < -0.39 is 0 Å². The van der Waals surface area contributed by atoms with Crippen LogP contribution >= 0.6 is 11.6 Å². The Morgan fingerprint density at radius 2 is 2.11 bits per heavy atom. The van der Waals surface area contributed by atoms with Gasteiger partial charge in [-0.25, -0.2) is 9.50 Å². The fourth-order valence-corrected chi connectivity index (χ4v) is 3.51. The minimum Gasteiger partial charge on any atom is -0.350 e. The summed E-state index contributed by atoms with van der Waals surface area (Å²) in [6.45, 7) is 5.73. The molecule has 3 aromatic rings. The van der Waals surface area contributed by atoms with Crippen LogP contribution in [-0.2, 0) is 11.2 Å². The van der Waals surface area contributed by atoms with Crippen molar-refractivity contribution < 1.29 is 4.79 Å². The zero-order chi connectivity index (χ0) is 19.6. The Labute approximate surface area is 162 Å². The van der Waals surface area contributed by atoms with Crippen LogP contribution in [0.15, 0.2) is 30.5 Å². The highest BCUT2D eigenvalue weighted by Crippen LogP contribution is 2.22. The van der Waals surface area contributed by atoms with E-state index in [4.69, 9.17) is 16.9 Å². The molecule has 0 aliphatic carbocycles. The molecule has 1 aromatic carbocycles. The summed E-state index contributed by atoms with van der Waals surface area (Å²) >= 11 is 6.19. The monoisotopic (exact) mass is 381 g/mol. The molecule has 0 fully saturated rings. The van der Waals surface area contributed by atoms with Gasteiger partial charge in [0.15, 0.2) is 5.65 Å². The van der Waals surface area contributed by atoms with Crippen LogP contribution in [0.1, 0.15) is 47.5 Å². The minimum atomic E-state index is -0.168. The van der Waals surface area contributed by atoms with Gasteiger partial charge in [-0.1, -0.05) is 29.8 Å². The number of hydrogen-bond donors (Lipinski definition) is 1. The van der Waals surface area contributed by atoms with Crippen molar-refractivity contribution in [2.45, 2.75) is 39.7 Å². The maximum absolute atomic E-state index is 12.4. The van der Waals surface area contributed by atoms with Gasteiger partial charge in [0.2, 0.25) is 5.91 Å². The molecule has 0 radical (unpaired) electrons. The predicted octanol–water partition coefficient (Wildman–Crippen LogP) is 3.68. The molecule has 138 valence electrons. The van der Waals surface area contributed by atoms with Crippen LogP contribution in [0.25, 0.3) is 5.65 Å². The number of carbonyl (C=O) groups excluding carboxylic acids is 1. The molecule has 2 heterocycles. The normalized spacial score (nSPS) is 12.0. The summed E-state index contributed by atoms with van der Waals surface area (Å²) in [6, 6.07) is 9.41. The van der Waals surface area contributed by atoms with Gasteiger partial charge in [-0.2, -0.15) is 10.4 Å². The highest BCUT2D eigenvalue weighted by molar-refractivity contribution is 6.31. The summed E-state index contributed by atoms with van der Waals surface area (Å²) in [6.07, 6.45) is 2.38. The number of carbonyl (C=O) groups is 1. The minimum absolute atomic E-state index is 0.0560. The quantitative estimate of drug-likeness (QED) is 0.730. The summed E-state index contributed by atoms with van der Waals surface area (Å²) in [5, 5.41) is 17.0. The molecule has 1 N–H and O–H groups in total. The number of nitrogens with one attached hydrogen (secondary N) is 1. The SMILES string of the molecule is Cc1nc2c(C#N)cnn2c(C)c1CCC(=O)NC(C)c1ccccc1Cl. The molecule has 1 atom stereocenters. The molecular formula is C20H20ClN5O. The first-order valence-electron chi connectivity index (χ1n) is 8.70. The van der Waals surface area contributed by atoms with E-state index in [2.05, 4.69) is 21.5 Å². The fourth-order valence-electron chi connectivity index (χ4n) is 3.21. The number of fused-ring (bicyclic) bond motifs is 1. The molecule has 1 unspecified atom stereocenters. The maximum atomic E-state index is 12.4. The molecule has 0 spiro atoms. The first-order chi connectivity index (χ1) is 12.9. The summed E-state index contributed by atoms with van der Waals surface area (Å²) in [4.78, 5) is 16.9. The van der Waals surface area contributed by atoms with Gasteiger partial charge < -0.3 is 5.32 Å². The lowest BCUT2D eigenvalue weighted by atomic mass is 10.0. The van der Waals surface area contributed by atoms with Gasteiger partial charge in [-0.15, -0.1) is 0 Å². The van der Waals surface area contributed by atoms with Crippen molar-refractivity contribution in [1.29, 1.82) is 5.26 Å². The number of nitrogens with zero attached hydrogens (tertiary/aromatic N) is 4. The largest absolute Gasteiger partial charge is 0.350 e. The molecule has 0 saturated heterocycles. The Balaban J connectivity index is 1.72. The summed E-state index contributed by atoms with van der Waals surface area (Å²) in [5.74, 6) is -0.0560. The first kappa shape index (κ1) is 18.9. The van der Waals surface area contributed by atoms with Crippen molar-refractivity contribution in [3.63, 3.8) is 0 Å². The van der Waals surface area contributed by atoms with Crippen LogP contribution in [0.3, 0.4) is 0 Å². The predicted molar refractivity (Wildman–Crippen MR) is 104 cm³/mol.